The largest absolute Gasteiger partial charge is 0.373 e. The van der Waals surface area contributed by atoms with Crippen LogP contribution in [0.1, 0.15) is 89.5 Å². The van der Waals surface area contributed by atoms with E-state index >= 15 is 0 Å². The van der Waals surface area contributed by atoms with Gasteiger partial charge in [0.1, 0.15) is 0 Å². The Morgan fingerprint density at radius 3 is 1.10 bits per heavy atom. The summed E-state index contributed by atoms with van der Waals surface area (Å²) in [4.78, 5) is 0. The van der Waals surface area contributed by atoms with Crippen molar-refractivity contribution in [1.29, 1.82) is 0 Å². The van der Waals surface area contributed by atoms with Crippen LogP contribution in [-0.2, 0) is 18.9 Å². The summed E-state index contributed by atoms with van der Waals surface area (Å²) in [6.45, 7) is 27.0. The van der Waals surface area contributed by atoms with Crippen molar-refractivity contribution in [3.63, 3.8) is 0 Å². The van der Waals surface area contributed by atoms with Crippen molar-refractivity contribution < 1.29 is 18.9 Å². The number of hydrogen-bond donors (Lipinski definition) is 0. The van der Waals surface area contributed by atoms with Gasteiger partial charge in [0.15, 0.2) is 0 Å². The summed E-state index contributed by atoms with van der Waals surface area (Å²) >= 11 is 0. The lowest BCUT2D eigenvalue weighted by atomic mass is 10.2. The predicted octanol–water partition coefficient (Wildman–Crippen LogP) is 5.38. The summed E-state index contributed by atoms with van der Waals surface area (Å²) in [5, 5.41) is 0. The zero-order chi connectivity index (χ0) is 24.3. The second-order valence-corrected chi connectivity index (χ2v) is 16.9. The average molecular weight is 477 g/mol. The summed E-state index contributed by atoms with van der Waals surface area (Å²) in [6, 6.07) is 5.25. The summed E-state index contributed by atoms with van der Waals surface area (Å²) < 4.78 is 24.6. The third kappa shape index (κ3) is 23.2. The summed E-state index contributed by atoms with van der Waals surface area (Å²) in [6.07, 6.45) is 1.85. The highest BCUT2D eigenvalue weighted by Gasteiger charge is 2.23. The van der Waals surface area contributed by atoms with Crippen LogP contribution >= 0.6 is 0 Å². The molecule has 0 radical (unpaired) electrons. The molecule has 0 aromatic carbocycles. The molecule has 0 aliphatic rings. The van der Waals surface area contributed by atoms with Crippen molar-refractivity contribution in [1.82, 2.24) is 0 Å². The molecule has 0 aliphatic heterocycles. The molecule has 188 valence electrons. The smallest absolute Gasteiger partial charge is 0.0787 e. The van der Waals surface area contributed by atoms with Crippen LogP contribution in [0.5, 0.6) is 0 Å². The van der Waals surface area contributed by atoms with Gasteiger partial charge in [0.05, 0.1) is 47.8 Å². The summed E-state index contributed by atoms with van der Waals surface area (Å²) in [7, 11) is -0.222. The highest BCUT2D eigenvalue weighted by Crippen LogP contribution is 2.19. The van der Waals surface area contributed by atoms with Gasteiger partial charge in [-0.25, -0.2) is 0 Å². The molecule has 0 aromatic heterocycles. The normalized spacial score (nSPS) is 16.6. The van der Waals surface area contributed by atoms with Gasteiger partial charge < -0.3 is 18.9 Å². The molecule has 2 unspecified atom stereocenters. The average Bonchev–Trinajstić information content (AvgIpc) is 2.52. The predicted molar refractivity (Wildman–Crippen MR) is 142 cm³/mol. The Hall–Kier alpha value is 0.274. The Morgan fingerprint density at radius 2 is 0.839 bits per heavy atom. The first-order valence-electron chi connectivity index (χ1n) is 12.5. The lowest BCUT2D eigenvalue weighted by Gasteiger charge is -2.30. The van der Waals surface area contributed by atoms with E-state index in [2.05, 4.69) is 83.1 Å². The summed E-state index contributed by atoms with van der Waals surface area (Å²) in [5.74, 6) is 0. The molecule has 0 aromatic rings. The molecule has 2 atom stereocenters. The maximum Gasteiger partial charge on any atom is 0.0787 e. The first kappa shape index (κ1) is 31.3. The van der Waals surface area contributed by atoms with Gasteiger partial charge in [0.2, 0.25) is 0 Å². The standard InChI is InChI=1S/C25H56O4Si2/c1-22(2,3)26-16-20(28-24(7,8)9)18-30-14-13-15-31-19-21(29-25(10,11)12)17-27-23(4,5)6/h20-21H,13-19,30-31H2,1-12H3. The first-order valence-corrected chi connectivity index (χ1v) is 16.5. The molecule has 0 rings (SSSR count). The molecule has 0 fully saturated rings. The molecule has 0 saturated carbocycles. The Balaban J connectivity index is 4.25. The van der Waals surface area contributed by atoms with Gasteiger partial charge in [-0.05, 0) is 95.2 Å². The zero-order valence-corrected chi connectivity index (χ0v) is 26.0. The topological polar surface area (TPSA) is 36.9 Å². The minimum absolute atomic E-state index is 0.102. The third-order valence-electron chi connectivity index (χ3n) is 4.50. The molecular formula is C25H56O4Si2. The van der Waals surface area contributed by atoms with E-state index in [1.54, 1.807) is 0 Å². The van der Waals surface area contributed by atoms with E-state index in [4.69, 9.17) is 18.9 Å². The SMILES string of the molecule is CC(C)(C)OCC(C[SiH2]CCC[SiH2]CC(COC(C)(C)C)OC(C)(C)C)OC(C)(C)C. The van der Waals surface area contributed by atoms with Crippen LogP contribution in [0.2, 0.25) is 24.2 Å². The monoisotopic (exact) mass is 476 g/mol. The molecule has 6 heteroatoms. The van der Waals surface area contributed by atoms with Crippen molar-refractivity contribution in [3.8, 4) is 0 Å². The molecule has 31 heavy (non-hydrogen) atoms. The van der Waals surface area contributed by atoms with E-state index in [0.29, 0.717) is 13.2 Å². The van der Waals surface area contributed by atoms with Crippen LogP contribution in [-0.4, -0.2) is 66.9 Å². The van der Waals surface area contributed by atoms with Crippen LogP contribution in [0.4, 0.5) is 0 Å². The van der Waals surface area contributed by atoms with Crippen molar-refractivity contribution in [2.24, 2.45) is 0 Å². The van der Waals surface area contributed by atoms with Crippen LogP contribution in [0.3, 0.4) is 0 Å². The maximum absolute atomic E-state index is 6.28. The van der Waals surface area contributed by atoms with Crippen LogP contribution < -0.4 is 0 Å². The van der Waals surface area contributed by atoms with Crippen molar-refractivity contribution in [3.05, 3.63) is 0 Å². The highest BCUT2D eigenvalue weighted by atomic mass is 28.2. The Bertz CT molecular complexity index is 414. The van der Waals surface area contributed by atoms with E-state index in [-0.39, 0.29) is 53.7 Å². The first-order chi connectivity index (χ1) is 13.9. The van der Waals surface area contributed by atoms with E-state index in [1.807, 2.05) is 0 Å². The van der Waals surface area contributed by atoms with E-state index < -0.39 is 0 Å². The minimum atomic E-state index is -0.111. The van der Waals surface area contributed by atoms with Crippen molar-refractivity contribution >= 4 is 19.0 Å². The van der Waals surface area contributed by atoms with Crippen LogP contribution in [0.25, 0.3) is 0 Å². The van der Waals surface area contributed by atoms with E-state index in [9.17, 15) is 0 Å². The maximum atomic E-state index is 6.28. The Labute approximate surface area is 199 Å². The molecule has 0 heterocycles. The van der Waals surface area contributed by atoms with Gasteiger partial charge in [-0.2, -0.15) is 0 Å². The van der Waals surface area contributed by atoms with E-state index in [1.165, 1.54) is 30.6 Å². The lowest BCUT2D eigenvalue weighted by molar-refractivity contribution is -0.112. The fraction of sp³-hybridized carbons (Fsp3) is 1.00. The van der Waals surface area contributed by atoms with Crippen LogP contribution in [0.15, 0.2) is 0 Å². The van der Waals surface area contributed by atoms with Gasteiger partial charge in [-0.15, -0.1) is 0 Å². The Morgan fingerprint density at radius 1 is 0.516 bits per heavy atom. The molecule has 0 aliphatic carbocycles. The second kappa shape index (κ2) is 13.9. The second-order valence-electron chi connectivity index (χ2n) is 12.9. The minimum Gasteiger partial charge on any atom is -0.373 e. The molecule has 0 bridgehead atoms. The lowest BCUT2D eigenvalue weighted by Crippen LogP contribution is -2.34. The van der Waals surface area contributed by atoms with Gasteiger partial charge >= 0.3 is 0 Å². The quantitative estimate of drug-likeness (QED) is 0.249. The van der Waals surface area contributed by atoms with E-state index in [0.717, 1.165) is 0 Å². The molecule has 0 N–H and O–H groups in total. The summed E-state index contributed by atoms with van der Waals surface area (Å²) in [5.41, 5.74) is -0.418. The number of hydrogen-bond acceptors (Lipinski definition) is 4. The zero-order valence-electron chi connectivity index (χ0n) is 23.2. The number of rotatable bonds is 14. The fourth-order valence-corrected chi connectivity index (χ4v) is 7.49. The van der Waals surface area contributed by atoms with Crippen molar-refractivity contribution in [2.75, 3.05) is 13.2 Å². The number of ether oxygens (including phenoxy) is 4. The molecule has 0 spiro atoms. The molecule has 0 amide bonds. The van der Waals surface area contributed by atoms with Gasteiger partial charge in [-0.3, -0.25) is 0 Å². The Kier molecular flexibility index (Phi) is 14.0. The highest BCUT2D eigenvalue weighted by molar-refractivity contribution is 6.37. The van der Waals surface area contributed by atoms with Crippen LogP contribution in [0, 0.1) is 0 Å². The third-order valence-corrected chi connectivity index (χ3v) is 8.60. The van der Waals surface area contributed by atoms with Crippen molar-refractivity contribution in [2.45, 2.75) is 148 Å². The fourth-order valence-electron chi connectivity index (χ4n) is 3.31. The molecule has 0 saturated heterocycles. The van der Waals surface area contributed by atoms with Gasteiger partial charge in [-0.1, -0.05) is 18.5 Å². The molecular weight excluding hydrogens is 420 g/mol. The van der Waals surface area contributed by atoms with Gasteiger partial charge in [0.25, 0.3) is 0 Å². The van der Waals surface area contributed by atoms with Gasteiger partial charge in [0, 0.05) is 19.0 Å². The molecule has 4 nitrogen and oxygen atoms in total.